The summed E-state index contributed by atoms with van der Waals surface area (Å²) >= 11 is 0. The second-order valence-electron chi connectivity index (χ2n) is 34.8. The molecule has 8 aromatic carbocycles. The van der Waals surface area contributed by atoms with Gasteiger partial charge in [-0.25, -0.2) is 0 Å². The van der Waals surface area contributed by atoms with Gasteiger partial charge in [0, 0.05) is 68.2 Å². The van der Waals surface area contributed by atoms with Crippen molar-refractivity contribution in [2.24, 2.45) is 0 Å². The molecule has 0 aromatic heterocycles. The van der Waals surface area contributed by atoms with Gasteiger partial charge in [-0.05, 0) is 121 Å². The van der Waals surface area contributed by atoms with Gasteiger partial charge in [-0.3, -0.25) is 0 Å². The third kappa shape index (κ3) is 21.9. The molecule has 0 saturated carbocycles. The third-order valence-corrected chi connectivity index (χ3v) is 26.4. The minimum absolute atomic E-state index is 0.168. The van der Waals surface area contributed by atoms with E-state index in [0.29, 0.717) is 68.2 Å². The van der Waals surface area contributed by atoms with Gasteiger partial charge in [-0.15, -0.1) is 0 Å². The molecule has 0 radical (unpaired) electrons. The maximum absolute atomic E-state index is 10.5. The fourth-order valence-electron chi connectivity index (χ4n) is 19.8. The smallest absolute Gasteiger partial charge is 0.230 e. The van der Waals surface area contributed by atoms with Crippen LogP contribution in [0.15, 0.2) is 121 Å². The van der Waals surface area contributed by atoms with Gasteiger partial charge < -0.3 is 37.9 Å². The molecule has 12 nitrogen and oxygen atoms in total. The van der Waals surface area contributed by atoms with Crippen LogP contribution in [0.25, 0.3) is 44.5 Å². The number of rotatable bonds is 48. The van der Waals surface area contributed by atoms with Crippen LogP contribution in [0, 0.1) is 45.3 Å². The normalized spacial score (nSPS) is 15.7. The molecular formula is C108H132N4O8. The fraction of sp³-hybridized carbons (Fsp3) is 0.519. The molecule has 0 fully saturated rings. The summed E-state index contributed by atoms with van der Waals surface area (Å²) < 4.78 is 60.2. The van der Waals surface area contributed by atoms with Crippen LogP contribution in [0.5, 0.6) is 46.0 Å². The first-order valence-electron chi connectivity index (χ1n) is 47.2. The minimum atomic E-state index is -0.336. The molecule has 4 aliphatic heterocycles. The highest BCUT2D eigenvalue weighted by atomic mass is 16.7. The molecule has 5 aliphatic rings. The van der Waals surface area contributed by atoms with Crippen molar-refractivity contribution in [3.63, 3.8) is 0 Å². The summed E-state index contributed by atoms with van der Waals surface area (Å²) in [5.41, 5.74) is 17.1. The molecule has 0 atom stereocenters. The Bertz CT molecular complexity index is 4060. The molecule has 120 heavy (non-hydrogen) atoms. The van der Waals surface area contributed by atoms with E-state index in [9.17, 15) is 21.0 Å². The van der Waals surface area contributed by atoms with Gasteiger partial charge in [0.1, 0.15) is 46.0 Å². The lowest BCUT2D eigenvalue weighted by molar-refractivity contribution is 0.101. The van der Waals surface area contributed by atoms with Crippen LogP contribution < -0.4 is 37.9 Å². The van der Waals surface area contributed by atoms with Crippen molar-refractivity contribution in [2.75, 3.05) is 27.2 Å². The zero-order valence-electron chi connectivity index (χ0n) is 72.9. The van der Waals surface area contributed by atoms with Crippen molar-refractivity contribution in [1.82, 2.24) is 0 Å². The van der Waals surface area contributed by atoms with Crippen molar-refractivity contribution >= 4 is 0 Å². The predicted molar refractivity (Wildman–Crippen MR) is 484 cm³/mol. The molecular weight excluding hydrogens is 1480 g/mol. The Hall–Kier alpha value is -9.88. The second kappa shape index (κ2) is 46.2. The van der Waals surface area contributed by atoms with Crippen molar-refractivity contribution in [3.05, 3.63) is 188 Å². The lowest BCUT2D eigenvalue weighted by atomic mass is 9.73. The van der Waals surface area contributed by atoms with E-state index in [0.717, 1.165) is 192 Å². The molecule has 0 spiro atoms. The topological polar surface area (TPSA) is 169 Å². The Morgan fingerprint density at radius 3 is 0.492 bits per heavy atom. The van der Waals surface area contributed by atoms with Crippen LogP contribution in [0.2, 0.25) is 0 Å². The summed E-state index contributed by atoms with van der Waals surface area (Å²) in [4.78, 5) is 0. The first kappa shape index (κ1) is 87.9. The predicted octanol–water partition coefficient (Wildman–Crippen LogP) is 30.8. The number of hydrogen-bond donors (Lipinski definition) is 0. The molecule has 0 saturated heterocycles. The molecule has 12 heteroatoms. The van der Waals surface area contributed by atoms with Gasteiger partial charge in [-0.1, -0.05) is 333 Å². The van der Waals surface area contributed by atoms with E-state index in [1.807, 2.05) is 48.5 Å². The zero-order valence-corrected chi connectivity index (χ0v) is 72.9. The number of benzene rings is 8. The van der Waals surface area contributed by atoms with Crippen LogP contribution in [0.1, 0.15) is 401 Å². The van der Waals surface area contributed by atoms with Crippen LogP contribution in [-0.4, -0.2) is 27.2 Å². The van der Waals surface area contributed by atoms with Gasteiger partial charge in [-0.2, -0.15) is 21.0 Å². The zero-order chi connectivity index (χ0) is 83.0. The van der Waals surface area contributed by atoms with Crippen molar-refractivity contribution < 1.29 is 37.9 Å². The molecule has 0 amide bonds. The van der Waals surface area contributed by atoms with Gasteiger partial charge in [0.25, 0.3) is 0 Å². The highest BCUT2D eigenvalue weighted by molar-refractivity contribution is 5.89. The maximum atomic E-state index is 10.5. The Kier molecular flexibility index (Phi) is 33.9. The molecule has 13 rings (SSSR count). The third-order valence-electron chi connectivity index (χ3n) is 26.4. The van der Waals surface area contributed by atoms with E-state index in [1.165, 1.54) is 180 Å². The monoisotopic (exact) mass is 1610 g/mol. The number of unbranched alkanes of at least 4 members (excludes halogenated alkanes) is 36. The summed E-state index contributed by atoms with van der Waals surface area (Å²) in [6.07, 6.45) is 50.4. The molecule has 0 N–H and O–H groups in total. The number of nitriles is 4. The molecule has 0 unspecified atom stereocenters. The summed E-state index contributed by atoms with van der Waals surface area (Å²) in [7, 11) is 0. The molecule has 4 heterocycles. The lowest BCUT2D eigenvalue weighted by Gasteiger charge is -2.38. The highest BCUT2D eigenvalue weighted by Crippen LogP contribution is 2.63. The Morgan fingerprint density at radius 2 is 0.350 bits per heavy atom. The molecule has 632 valence electrons. The summed E-state index contributed by atoms with van der Waals surface area (Å²) in [6.45, 7) is 8.49. The van der Waals surface area contributed by atoms with Crippen LogP contribution in [-0.2, 0) is 0 Å². The summed E-state index contributed by atoms with van der Waals surface area (Å²) in [6, 6.07) is 51.5. The quantitative estimate of drug-likeness (QED) is 0.0331. The van der Waals surface area contributed by atoms with Crippen molar-refractivity contribution in [3.8, 4) is 115 Å². The minimum Gasteiger partial charge on any atom is -0.456 e. The van der Waals surface area contributed by atoms with Crippen LogP contribution in [0.4, 0.5) is 0 Å². The average Bonchev–Trinajstić information content (AvgIpc) is 0.714. The van der Waals surface area contributed by atoms with Crippen LogP contribution >= 0.6 is 0 Å². The van der Waals surface area contributed by atoms with E-state index in [2.05, 4.69) is 125 Å². The molecule has 8 bridgehead atoms. The molecule has 1 aliphatic carbocycles. The second-order valence-corrected chi connectivity index (χ2v) is 34.8. The first-order valence-corrected chi connectivity index (χ1v) is 47.2. The summed E-state index contributed by atoms with van der Waals surface area (Å²) in [5.74, 6) is 4.06. The van der Waals surface area contributed by atoms with Gasteiger partial charge in [0.05, 0.1) is 68.8 Å². The number of nitrogens with zero attached hydrogens (tertiary/aromatic N) is 4. The van der Waals surface area contributed by atoms with E-state index < -0.39 is 0 Å². The standard InChI is InChI=1S/C108H132N4O8/c1-5-9-13-17-21-25-29-33-37-41-45-85-89-65-91-86(46-42-38-34-30-26-22-18-14-10-6-2)93-67-95-88(48-44-40-36-32-28-24-20-16-12-8-4)96-68-94-87(47-43-39-35-31-27-23-19-15-11-7-3)92-66-90(85)102-98(82-59-51-78(70-110)52-60-82)104(92)116-75-118-106(94)100(84-63-55-80(72-112)56-64-84)108(96)120-76-119-107(95)99(83-61-53-79(71-111)54-62-83)105(93)117-74-115-103(91)97(101(89)113-73-114-102)81-57-49-77(69-109)50-58-81/h49-68,85-88H,5-48,73-76H2,1-4H3. The molecule has 8 aromatic rings. The van der Waals surface area contributed by atoms with E-state index in [1.54, 1.807) is 0 Å². The Morgan fingerprint density at radius 1 is 0.208 bits per heavy atom. The number of ether oxygens (including phenoxy) is 8. The van der Waals surface area contributed by atoms with Gasteiger partial charge >= 0.3 is 0 Å². The Labute approximate surface area is 718 Å². The maximum Gasteiger partial charge on any atom is 0.230 e. The van der Waals surface area contributed by atoms with Gasteiger partial charge in [0.15, 0.2) is 0 Å². The van der Waals surface area contributed by atoms with Crippen LogP contribution in [0.3, 0.4) is 0 Å². The van der Waals surface area contributed by atoms with E-state index in [4.69, 9.17) is 37.9 Å². The highest BCUT2D eigenvalue weighted by Gasteiger charge is 2.43. The van der Waals surface area contributed by atoms with E-state index >= 15 is 0 Å². The average molecular weight is 1610 g/mol. The SMILES string of the molecule is CCCCCCCCCCCCC1c2cc3c4c(-c5ccc(C#N)cc5)c2OCOc2c1cc1c(c2-c2ccc(C#N)cc2)OCOc2c(cc5c(c2-c2ccc(C#N)cc2)OCOc2c(cc(c(c2-c2ccc(C#N)cc2)OCO4)C3CCCCCCCCCCCC)C5CCCCCCCCCCCC)C1CCCCCCCCCCCC. The van der Waals surface area contributed by atoms with Crippen molar-refractivity contribution in [1.29, 1.82) is 21.0 Å². The van der Waals surface area contributed by atoms with Crippen molar-refractivity contribution in [2.45, 2.75) is 334 Å². The summed E-state index contributed by atoms with van der Waals surface area (Å²) in [5, 5.41) is 42.2. The lowest BCUT2D eigenvalue weighted by Crippen LogP contribution is -2.24. The Balaban J connectivity index is 1.13. The fourth-order valence-corrected chi connectivity index (χ4v) is 19.8. The van der Waals surface area contributed by atoms with Gasteiger partial charge in [0.2, 0.25) is 27.2 Å². The first-order chi connectivity index (χ1) is 59.3. The number of hydrogen-bond acceptors (Lipinski definition) is 12. The van der Waals surface area contributed by atoms with E-state index in [-0.39, 0.29) is 50.8 Å². The largest absolute Gasteiger partial charge is 0.456 e.